The molecule has 0 aliphatic carbocycles. The Hall–Kier alpha value is -1.38. The SMILES string of the molecule is Cc1cc(S(=O)(=O)N2CCCC(C(=O)NCCN)C2)c(C)o1. The van der Waals surface area contributed by atoms with Gasteiger partial charge in [0.05, 0.1) is 5.92 Å². The number of sulfonamides is 1. The first kappa shape index (κ1) is 17.0. The molecule has 1 fully saturated rings. The summed E-state index contributed by atoms with van der Waals surface area (Å²) in [6.07, 6.45) is 1.35. The molecule has 0 saturated carbocycles. The van der Waals surface area contributed by atoms with Gasteiger partial charge in [0, 0.05) is 26.2 Å². The number of furan rings is 1. The second kappa shape index (κ2) is 6.80. The number of nitrogens with one attached hydrogen (secondary N) is 1. The van der Waals surface area contributed by atoms with Gasteiger partial charge in [-0.15, -0.1) is 0 Å². The fourth-order valence-electron chi connectivity index (χ4n) is 2.72. The zero-order valence-corrected chi connectivity index (χ0v) is 13.8. The van der Waals surface area contributed by atoms with E-state index in [1.807, 2.05) is 0 Å². The molecule has 0 radical (unpaired) electrons. The number of piperidine rings is 1. The number of nitrogens with zero attached hydrogens (tertiary/aromatic N) is 1. The van der Waals surface area contributed by atoms with Gasteiger partial charge in [-0.2, -0.15) is 4.31 Å². The second-order valence-electron chi connectivity index (χ2n) is 5.56. The van der Waals surface area contributed by atoms with Crippen LogP contribution in [0.25, 0.3) is 0 Å². The van der Waals surface area contributed by atoms with E-state index in [1.54, 1.807) is 13.8 Å². The Morgan fingerprint density at radius 2 is 2.23 bits per heavy atom. The number of carbonyl (C=O) groups excluding carboxylic acids is 1. The highest BCUT2D eigenvalue weighted by atomic mass is 32.2. The van der Waals surface area contributed by atoms with Crippen molar-refractivity contribution in [2.75, 3.05) is 26.2 Å². The van der Waals surface area contributed by atoms with Gasteiger partial charge < -0.3 is 15.5 Å². The third-order valence-corrected chi connectivity index (χ3v) is 5.78. The molecule has 1 aromatic heterocycles. The topological polar surface area (TPSA) is 106 Å². The van der Waals surface area contributed by atoms with Crippen LogP contribution in [-0.2, 0) is 14.8 Å². The maximum absolute atomic E-state index is 12.7. The molecule has 1 aliphatic heterocycles. The zero-order chi connectivity index (χ0) is 16.3. The van der Waals surface area contributed by atoms with Gasteiger partial charge in [0.2, 0.25) is 15.9 Å². The van der Waals surface area contributed by atoms with E-state index >= 15 is 0 Å². The molecular formula is C14H23N3O4S. The molecule has 1 aromatic rings. The molecule has 0 aromatic carbocycles. The van der Waals surface area contributed by atoms with Gasteiger partial charge in [0.15, 0.2) is 0 Å². The first-order chi connectivity index (χ1) is 10.4. The summed E-state index contributed by atoms with van der Waals surface area (Å²) in [6.45, 7) is 4.74. The molecule has 8 heteroatoms. The average molecular weight is 329 g/mol. The van der Waals surface area contributed by atoms with E-state index in [9.17, 15) is 13.2 Å². The summed E-state index contributed by atoms with van der Waals surface area (Å²) in [4.78, 5) is 12.2. The fourth-order valence-corrected chi connectivity index (χ4v) is 4.46. The van der Waals surface area contributed by atoms with E-state index in [1.165, 1.54) is 10.4 Å². The van der Waals surface area contributed by atoms with Crippen LogP contribution < -0.4 is 11.1 Å². The summed E-state index contributed by atoms with van der Waals surface area (Å²) in [5, 5.41) is 2.73. The molecule has 2 rings (SSSR count). The van der Waals surface area contributed by atoms with Crippen molar-refractivity contribution in [3.63, 3.8) is 0 Å². The van der Waals surface area contributed by atoms with Crippen molar-refractivity contribution in [3.05, 3.63) is 17.6 Å². The lowest BCUT2D eigenvalue weighted by atomic mass is 9.99. The highest BCUT2D eigenvalue weighted by molar-refractivity contribution is 7.89. The van der Waals surface area contributed by atoms with Crippen LogP contribution in [0, 0.1) is 19.8 Å². The van der Waals surface area contributed by atoms with E-state index in [4.69, 9.17) is 10.2 Å². The van der Waals surface area contributed by atoms with Gasteiger partial charge >= 0.3 is 0 Å². The van der Waals surface area contributed by atoms with Crippen molar-refractivity contribution in [2.24, 2.45) is 11.7 Å². The highest BCUT2D eigenvalue weighted by Crippen LogP contribution is 2.27. The summed E-state index contributed by atoms with van der Waals surface area (Å²) in [6, 6.07) is 1.53. The number of rotatable bonds is 5. The normalized spacial score (nSPS) is 20.0. The maximum atomic E-state index is 12.7. The van der Waals surface area contributed by atoms with Crippen molar-refractivity contribution in [1.29, 1.82) is 0 Å². The lowest BCUT2D eigenvalue weighted by molar-refractivity contribution is -0.126. The minimum absolute atomic E-state index is 0.134. The van der Waals surface area contributed by atoms with Gasteiger partial charge in [0.1, 0.15) is 16.4 Å². The van der Waals surface area contributed by atoms with Gasteiger partial charge in [-0.1, -0.05) is 0 Å². The van der Waals surface area contributed by atoms with Crippen molar-refractivity contribution in [1.82, 2.24) is 9.62 Å². The number of amides is 1. The van der Waals surface area contributed by atoms with Gasteiger partial charge in [-0.05, 0) is 32.8 Å². The lowest BCUT2D eigenvalue weighted by Crippen LogP contribution is -2.46. The number of nitrogens with two attached hydrogens (primary N) is 1. The number of hydrogen-bond donors (Lipinski definition) is 2. The minimum Gasteiger partial charge on any atom is -0.465 e. The molecule has 1 atom stereocenters. The monoisotopic (exact) mass is 329 g/mol. The van der Waals surface area contributed by atoms with Crippen LogP contribution in [0.3, 0.4) is 0 Å². The van der Waals surface area contributed by atoms with Crippen molar-refractivity contribution in [3.8, 4) is 0 Å². The van der Waals surface area contributed by atoms with Crippen LogP contribution >= 0.6 is 0 Å². The molecule has 3 N–H and O–H groups in total. The summed E-state index contributed by atoms with van der Waals surface area (Å²) >= 11 is 0. The molecule has 0 spiro atoms. The van der Waals surface area contributed by atoms with Crippen LogP contribution in [-0.4, -0.2) is 44.8 Å². The van der Waals surface area contributed by atoms with Crippen LogP contribution in [0.1, 0.15) is 24.4 Å². The largest absolute Gasteiger partial charge is 0.465 e. The molecule has 2 heterocycles. The Kier molecular flexibility index (Phi) is 5.25. The highest BCUT2D eigenvalue weighted by Gasteiger charge is 2.34. The minimum atomic E-state index is -3.62. The zero-order valence-electron chi connectivity index (χ0n) is 13.0. The Bertz CT molecular complexity index is 639. The average Bonchev–Trinajstić information content (AvgIpc) is 2.84. The third kappa shape index (κ3) is 3.50. The predicted molar refractivity (Wildman–Crippen MR) is 81.7 cm³/mol. The Morgan fingerprint density at radius 1 is 1.50 bits per heavy atom. The van der Waals surface area contributed by atoms with Crippen molar-refractivity contribution < 1.29 is 17.6 Å². The summed E-state index contributed by atoms with van der Waals surface area (Å²) in [5.41, 5.74) is 5.37. The molecule has 1 saturated heterocycles. The van der Waals surface area contributed by atoms with E-state index in [-0.39, 0.29) is 23.3 Å². The Morgan fingerprint density at radius 3 is 2.82 bits per heavy atom. The number of hydrogen-bond acceptors (Lipinski definition) is 5. The Labute approximate surface area is 130 Å². The third-order valence-electron chi connectivity index (χ3n) is 3.81. The van der Waals surface area contributed by atoms with E-state index in [0.717, 1.165) is 0 Å². The standard InChI is InChI=1S/C14H23N3O4S/c1-10-8-13(11(2)21-10)22(19,20)17-7-3-4-12(9-17)14(18)16-6-5-15/h8,12H,3-7,9,15H2,1-2H3,(H,16,18). The molecule has 22 heavy (non-hydrogen) atoms. The number of aryl methyl sites for hydroxylation is 2. The van der Waals surface area contributed by atoms with E-state index in [0.29, 0.717) is 44.0 Å². The molecule has 0 bridgehead atoms. The van der Waals surface area contributed by atoms with Gasteiger partial charge in [-0.25, -0.2) is 8.42 Å². The first-order valence-electron chi connectivity index (χ1n) is 7.41. The predicted octanol–water partition coefficient (Wildman–Crippen LogP) is 0.372. The molecule has 1 unspecified atom stereocenters. The van der Waals surface area contributed by atoms with Crippen LogP contribution in [0.15, 0.2) is 15.4 Å². The van der Waals surface area contributed by atoms with E-state index < -0.39 is 10.0 Å². The molecular weight excluding hydrogens is 306 g/mol. The maximum Gasteiger partial charge on any atom is 0.246 e. The number of carbonyl (C=O) groups is 1. The van der Waals surface area contributed by atoms with Crippen molar-refractivity contribution in [2.45, 2.75) is 31.6 Å². The molecule has 1 aliphatic rings. The van der Waals surface area contributed by atoms with E-state index in [2.05, 4.69) is 5.32 Å². The summed E-state index contributed by atoms with van der Waals surface area (Å²) in [5.74, 6) is 0.478. The lowest BCUT2D eigenvalue weighted by Gasteiger charge is -2.31. The Balaban J connectivity index is 2.14. The van der Waals surface area contributed by atoms with Gasteiger partial charge in [-0.3, -0.25) is 4.79 Å². The van der Waals surface area contributed by atoms with Crippen LogP contribution in [0.5, 0.6) is 0 Å². The van der Waals surface area contributed by atoms with Crippen molar-refractivity contribution >= 4 is 15.9 Å². The smallest absolute Gasteiger partial charge is 0.246 e. The van der Waals surface area contributed by atoms with Crippen LogP contribution in [0.4, 0.5) is 0 Å². The van der Waals surface area contributed by atoms with Gasteiger partial charge in [0.25, 0.3) is 0 Å². The molecule has 124 valence electrons. The second-order valence-corrected chi connectivity index (χ2v) is 7.47. The van der Waals surface area contributed by atoms with Crippen LogP contribution in [0.2, 0.25) is 0 Å². The first-order valence-corrected chi connectivity index (χ1v) is 8.85. The summed E-state index contributed by atoms with van der Waals surface area (Å²) < 4.78 is 32.1. The summed E-state index contributed by atoms with van der Waals surface area (Å²) in [7, 11) is -3.62. The quantitative estimate of drug-likeness (QED) is 0.812. The fraction of sp³-hybridized carbons (Fsp3) is 0.643. The molecule has 7 nitrogen and oxygen atoms in total. The molecule has 1 amide bonds.